The van der Waals surface area contributed by atoms with Crippen molar-refractivity contribution in [2.24, 2.45) is 5.73 Å². The molecule has 0 radical (unpaired) electrons. The minimum Gasteiger partial charge on any atom is -0.348 e. The Balaban J connectivity index is 2.90. The summed E-state index contributed by atoms with van der Waals surface area (Å²) < 4.78 is 0. The van der Waals surface area contributed by atoms with Gasteiger partial charge in [0.25, 0.3) is 11.6 Å². The van der Waals surface area contributed by atoms with Crippen molar-refractivity contribution in [3.63, 3.8) is 0 Å². The van der Waals surface area contributed by atoms with E-state index in [9.17, 15) is 14.9 Å². The van der Waals surface area contributed by atoms with Gasteiger partial charge >= 0.3 is 0 Å². The molecule has 0 spiro atoms. The zero-order valence-corrected chi connectivity index (χ0v) is 11.9. The molecule has 110 valence electrons. The van der Waals surface area contributed by atoms with E-state index in [1.165, 1.54) is 6.07 Å². The molecular formula is C12H17ClN4O3. The smallest absolute Gasteiger partial charge is 0.300 e. The maximum absolute atomic E-state index is 12.1. The normalized spacial score (nSPS) is 11.9. The van der Waals surface area contributed by atoms with E-state index in [0.29, 0.717) is 0 Å². The van der Waals surface area contributed by atoms with Gasteiger partial charge in [0.1, 0.15) is 16.9 Å². The highest BCUT2D eigenvalue weighted by atomic mass is 35.5. The molecule has 1 aromatic rings. The quantitative estimate of drug-likeness (QED) is 0.454. The molecule has 0 aliphatic rings. The van der Waals surface area contributed by atoms with E-state index >= 15 is 0 Å². The summed E-state index contributed by atoms with van der Waals surface area (Å²) in [6.07, 6.45) is 3.60. The van der Waals surface area contributed by atoms with Gasteiger partial charge in [0, 0.05) is 12.6 Å². The first kappa shape index (κ1) is 16.3. The summed E-state index contributed by atoms with van der Waals surface area (Å²) in [5.74, 6) is -0.562. The Bertz CT molecular complexity index is 496. The number of nitrogens with two attached hydrogens (primary N) is 1. The second-order valence-corrected chi connectivity index (χ2v) is 4.72. The van der Waals surface area contributed by atoms with Crippen LogP contribution in [0.15, 0.2) is 12.3 Å². The van der Waals surface area contributed by atoms with Gasteiger partial charge in [-0.3, -0.25) is 14.9 Å². The second kappa shape index (κ2) is 7.76. The zero-order valence-electron chi connectivity index (χ0n) is 11.1. The van der Waals surface area contributed by atoms with Gasteiger partial charge in [-0.1, -0.05) is 31.4 Å². The van der Waals surface area contributed by atoms with E-state index < -0.39 is 10.8 Å². The Kier molecular flexibility index (Phi) is 6.33. The molecule has 3 N–H and O–H groups in total. The van der Waals surface area contributed by atoms with E-state index in [4.69, 9.17) is 17.3 Å². The highest BCUT2D eigenvalue weighted by molar-refractivity contribution is 6.29. The van der Waals surface area contributed by atoms with Crippen molar-refractivity contribution in [2.45, 2.75) is 32.2 Å². The van der Waals surface area contributed by atoms with Gasteiger partial charge in [-0.25, -0.2) is 4.98 Å². The van der Waals surface area contributed by atoms with E-state index in [1.807, 2.05) is 6.92 Å². The first-order chi connectivity index (χ1) is 9.49. The fourth-order valence-electron chi connectivity index (χ4n) is 1.71. The van der Waals surface area contributed by atoms with Crippen LogP contribution in [0.5, 0.6) is 0 Å². The molecule has 1 unspecified atom stereocenters. The molecule has 0 saturated heterocycles. The summed E-state index contributed by atoms with van der Waals surface area (Å²) >= 11 is 5.68. The summed E-state index contributed by atoms with van der Waals surface area (Å²) in [5, 5.41) is 13.6. The van der Waals surface area contributed by atoms with Crippen LogP contribution >= 0.6 is 11.6 Å². The highest BCUT2D eigenvalue weighted by Gasteiger charge is 2.23. The van der Waals surface area contributed by atoms with Crippen molar-refractivity contribution in [1.82, 2.24) is 10.3 Å². The number of unbranched alkanes of at least 4 members (excludes halogenated alkanes) is 1. The minimum absolute atomic E-state index is 0.0265. The lowest BCUT2D eigenvalue weighted by Gasteiger charge is -2.16. The number of halogens is 1. The number of hydrogen-bond acceptors (Lipinski definition) is 5. The summed E-state index contributed by atoms with van der Waals surface area (Å²) in [5.41, 5.74) is 5.10. The van der Waals surface area contributed by atoms with Crippen LogP contribution < -0.4 is 11.1 Å². The maximum atomic E-state index is 12.1. The number of carbonyl (C=O) groups excluding carboxylic acids is 1. The molecule has 1 rings (SSSR count). The van der Waals surface area contributed by atoms with Gasteiger partial charge in [-0.15, -0.1) is 0 Å². The van der Waals surface area contributed by atoms with Gasteiger partial charge in [0.05, 0.1) is 4.92 Å². The molecule has 1 aromatic heterocycles. The number of nitro groups is 1. The lowest BCUT2D eigenvalue weighted by Crippen LogP contribution is -2.40. The predicted octanol–water partition coefficient (Wildman–Crippen LogP) is 1.89. The number of pyridine rings is 1. The number of nitrogens with zero attached hydrogens (tertiary/aromatic N) is 2. The third kappa shape index (κ3) is 4.43. The van der Waals surface area contributed by atoms with Crippen LogP contribution in [0.25, 0.3) is 0 Å². The van der Waals surface area contributed by atoms with Crippen LogP contribution in [-0.2, 0) is 0 Å². The SMILES string of the molecule is CCCCC(CN)NC(=O)c1cc(Cl)ncc1[N+](=O)[O-]. The molecular weight excluding hydrogens is 284 g/mol. The average Bonchev–Trinajstić information content (AvgIpc) is 2.42. The first-order valence-electron chi connectivity index (χ1n) is 6.30. The molecule has 0 aliphatic heterocycles. The zero-order chi connectivity index (χ0) is 15.1. The molecule has 0 bridgehead atoms. The van der Waals surface area contributed by atoms with E-state index in [1.54, 1.807) is 0 Å². The molecule has 1 atom stereocenters. The second-order valence-electron chi connectivity index (χ2n) is 4.33. The van der Waals surface area contributed by atoms with Gasteiger partial charge < -0.3 is 11.1 Å². The van der Waals surface area contributed by atoms with Crippen molar-refractivity contribution in [3.8, 4) is 0 Å². The van der Waals surface area contributed by atoms with Crippen LogP contribution in [0, 0.1) is 10.1 Å². The standard InChI is InChI=1S/C12H17ClN4O3/c1-2-3-4-8(6-14)16-12(18)9-5-11(13)15-7-10(9)17(19)20/h5,7-8H,2-4,6,14H2,1H3,(H,16,18). The molecule has 20 heavy (non-hydrogen) atoms. The number of carbonyl (C=O) groups is 1. The van der Waals surface area contributed by atoms with Gasteiger partial charge in [-0.05, 0) is 12.5 Å². The van der Waals surface area contributed by atoms with Crippen molar-refractivity contribution in [1.29, 1.82) is 0 Å². The number of rotatable bonds is 7. The highest BCUT2D eigenvalue weighted by Crippen LogP contribution is 2.20. The Morgan fingerprint density at radius 1 is 1.65 bits per heavy atom. The van der Waals surface area contributed by atoms with Crippen molar-refractivity contribution in [3.05, 3.63) is 33.1 Å². The third-order valence-corrected chi connectivity index (χ3v) is 3.02. The van der Waals surface area contributed by atoms with Crippen LogP contribution in [0.2, 0.25) is 5.15 Å². The minimum atomic E-state index is -0.665. The monoisotopic (exact) mass is 300 g/mol. The average molecular weight is 301 g/mol. The van der Waals surface area contributed by atoms with Crippen molar-refractivity contribution in [2.75, 3.05) is 6.54 Å². The van der Waals surface area contributed by atoms with Crippen LogP contribution in [0.1, 0.15) is 36.5 Å². The number of nitrogens with one attached hydrogen (secondary N) is 1. The lowest BCUT2D eigenvalue weighted by molar-refractivity contribution is -0.385. The van der Waals surface area contributed by atoms with Gasteiger partial charge in [0.2, 0.25) is 0 Å². The summed E-state index contributed by atoms with van der Waals surface area (Å²) in [4.78, 5) is 25.9. The Hall–Kier alpha value is -1.73. The first-order valence-corrected chi connectivity index (χ1v) is 6.68. The predicted molar refractivity (Wildman–Crippen MR) is 75.7 cm³/mol. The topological polar surface area (TPSA) is 111 Å². The molecule has 0 aliphatic carbocycles. The van der Waals surface area contributed by atoms with Crippen LogP contribution in [-0.4, -0.2) is 28.4 Å². The summed E-state index contributed by atoms with van der Waals surface area (Å²) in [6, 6.07) is 0.969. The molecule has 8 heteroatoms. The fourth-order valence-corrected chi connectivity index (χ4v) is 1.87. The molecule has 1 amide bonds. The number of amides is 1. The molecule has 0 saturated carbocycles. The van der Waals surface area contributed by atoms with Crippen molar-refractivity contribution >= 4 is 23.2 Å². The van der Waals surface area contributed by atoms with Crippen LogP contribution in [0.4, 0.5) is 5.69 Å². The van der Waals surface area contributed by atoms with Crippen molar-refractivity contribution < 1.29 is 9.72 Å². The van der Waals surface area contributed by atoms with Gasteiger partial charge in [-0.2, -0.15) is 0 Å². The van der Waals surface area contributed by atoms with E-state index in [-0.39, 0.29) is 29.0 Å². The Morgan fingerprint density at radius 3 is 2.90 bits per heavy atom. The fraction of sp³-hybridized carbons (Fsp3) is 0.500. The van der Waals surface area contributed by atoms with E-state index in [2.05, 4.69) is 10.3 Å². The number of hydrogen-bond donors (Lipinski definition) is 2. The van der Waals surface area contributed by atoms with E-state index in [0.717, 1.165) is 25.5 Å². The Labute approximate surface area is 121 Å². The summed E-state index contributed by atoms with van der Waals surface area (Å²) in [7, 11) is 0. The van der Waals surface area contributed by atoms with Crippen LogP contribution in [0.3, 0.4) is 0 Å². The van der Waals surface area contributed by atoms with Gasteiger partial charge in [0.15, 0.2) is 0 Å². The third-order valence-electron chi connectivity index (χ3n) is 2.82. The molecule has 0 fully saturated rings. The number of aromatic nitrogens is 1. The molecule has 7 nitrogen and oxygen atoms in total. The molecule has 1 heterocycles. The summed E-state index contributed by atoms with van der Waals surface area (Å²) in [6.45, 7) is 2.31. The Morgan fingerprint density at radius 2 is 2.35 bits per heavy atom. The largest absolute Gasteiger partial charge is 0.348 e. The maximum Gasteiger partial charge on any atom is 0.300 e. The lowest BCUT2D eigenvalue weighted by atomic mass is 10.1. The molecule has 0 aromatic carbocycles.